The Labute approximate surface area is 105 Å². The van der Waals surface area contributed by atoms with Gasteiger partial charge in [-0.3, -0.25) is 4.79 Å². The molecule has 98 valence electrons. The minimum atomic E-state index is 0.238. The lowest BCUT2D eigenvalue weighted by Gasteiger charge is -2.23. The van der Waals surface area contributed by atoms with E-state index < -0.39 is 0 Å². The first-order valence-electron chi connectivity index (χ1n) is 7.37. The van der Waals surface area contributed by atoms with Crippen LogP contribution >= 0.6 is 0 Å². The van der Waals surface area contributed by atoms with Crippen LogP contribution in [0.5, 0.6) is 0 Å². The van der Waals surface area contributed by atoms with Crippen molar-refractivity contribution in [3.05, 3.63) is 0 Å². The molecule has 2 saturated carbocycles. The van der Waals surface area contributed by atoms with Crippen molar-refractivity contribution in [2.75, 3.05) is 6.54 Å². The fourth-order valence-electron chi connectivity index (χ4n) is 3.07. The van der Waals surface area contributed by atoms with Crippen molar-refractivity contribution in [2.24, 2.45) is 0 Å². The molecule has 0 aromatic heterocycles. The van der Waals surface area contributed by atoms with Crippen molar-refractivity contribution in [3.8, 4) is 0 Å². The summed E-state index contributed by atoms with van der Waals surface area (Å²) in [4.78, 5) is 11.7. The molecule has 0 aromatic carbocycles. The third-order valence-corrected chi connectivity index (χ3v) is 4.11. The first-order valence-corrected chi connectivity index (χ1v) is 7.37. The maximum atomic E-state index is 11.7. The van der Waals surface area contributed by atoms with E-state index in [1.54, 1.807) is 0 Å². The molecule has 0 aromatic rings. The van der Waals surface area contributed by atoms with E-state index in [0.29, 0.717) is 18.5 Å². The number of hydrogen-bond acceptors (Lipinski definition) is 2. The van der Waals surface area contributed by atoms with E-state index in [0.717, 1.165) is 6.54 Å². The maximum Gasteiger partial charge on any atom is 0.221 e. The topological polar surface area (TPSA) is 41.1 Å². The molecule has 2 fully saturated rings. The van der Waals surface area contributed by atoms with Crippen LogP contribution in [0, 0.1) is 0 Å². The molecule has 17 heavy (non-hydrogen) atoms. The van der Waals surface area contributed by atoms with Gasteiger partial charge in [0, 0.05) is 25.0 Å². The van der Waals surface area contributed by atoms with E-state index in [4.69, 9.17) is 0 Å². The van der Waals surface area contributed by atoms with Crippen molar-refractivity contribution < 1.29 is 4.79 Å². The summed E-state index contributed by atoms with van der Waals surface area (Å²) in [5, 5.41) is 6.65. The van der Waals surface area contributed by atoms with Crippen LogP contribution in [0.2, 0.25) is 0 Å². The zero-order valence-corrected chi connectivity index (χ0v) is 10.8. The molecule has 2 N–H and O–H groups in total. The lowest BCUT2D eigenvalue weighted by atomic mass is 9.95. The Morgan fingerprint density at radius 1 is 0.882 bits per heavy atom. The molecular formula is C14H26N2O. The zero-order chi connectivity index (χ0) is 11.9. The number of rotatable bonds is 5. The first-order chi connectivity index (χ1) is 8.34. The second-order valence-electron chi connectivity index (χ2n) is 5.59. The summed E-state index contributed by atoms with van der Waals surface area (Å²) >= 11 is 0. The number of amides is 1. The normalized spacial score (nSPS) is 22.8. The van der Waals surface area contributed by atoms with Gasteiger partial charge in [-0.05, 0) is 25.7 Å². The second kappa shape index (κ2) is 7.00. The lowest BCUT2D eigenvalue weighted by molar-refractivity contribution is -0.121. The monoisotopic (exact) mass is 238 g/mol. The molecule has 0 unspecified atom stereocenters. The van der Waals surface area contributed by atoms with Gasteiger partial charge in [-0.25, -0.2) is 0 Å². The van der Waals surface area contributed by atoms with E-state index in [1.807, 2.05) is 0 Å². The highest BCUT2D eigenvalue weighted by atomic mass is 16.1. The number of hydrogen-bond donors (Lipinski definition) is 2. The Morgan fingerprint density at radius 3 is 2.18 bits per heavy atom. The van der Waals surface area contributed by atoms with Gasteiger partial charge in [0.05, 0.1) is 0 Å². The van der Waals surface area contributed by atoms with Crippen LogP contribution in [0.1, 0.15) is 64.2 Å². The Balaban J connectivity index is 1.53. The number of nitrogens with one attached hydrogen (secondary N) is 2. The van der Waals surface area contributed by atoms with E-state index in [2.05, 4.69) is 10.6 Å². The molecule has 3 heteroatoms. The minimum Gasteiger partial charge on any atom is -0.353 e. The van der Waals surface area contributed by atoms with Crippen molar-refractivity contribution in [1.82, 2.24) is 10.6 Å². The van der Waals surface area contributed by atoms with Gasteiger partial charge in [0.2, 0.25) is 5.91 Å². The van der Waals surface area contributed by atoms with Crippen molar-refractivity contribution in [3.63, 3.8) is 0 Å². The molecule has 2 aliphatic carbocycles. The Kier molecular flexibility index (Phi) is 5.30. The molecular weight excluding hydrogens is 212 g/mol. The molecule has 0 spiro atoms. The maximum absolute atomic E-state index is 11.7. The Hall–Kier alpha value is -0.570. The van der Waals surface area contributed by atoms with Crippen LogP contribution in [-0.4, -0.2) is 24.5 Å². The van der Waals surface area contributed by atoms with Crippen molar-refractivity contribution in [2.45, 2.75) is 76.3 Å². The highest BCUT2D eigenvalue weighted by Gasteiger charge is 2.17. The predicted octanol–water partition coefficient (Wildman–Crippen LogP) is 2.36. The lowest BCUT2D eigenvalue weighted by Crippen LogP contribution is -2.38. The van der Waals surface area contributed by atoms with Gasteiger partial charge in [0.15, 0.2) is 0 Å². The fraction of sp³-hybridized carbons (Fsp3) is 0.929. The van der Waals surface area contributed by atoms with E-state index in [-0.39, 0.29) is 5.91 Å². The SMILES string of the molecule is O=C(CCNC1CCCC1)NC1CCCCC1. The van der Waals surface area contributed by atoms with Crippen LogP contribution in [0.15, 0.2) is 0 Å². The summed E-state index contributed by atoms with van der Waals surface area (Å²) in [5.41, 5.74) is 0. The minimum absolute atomic E-state index is 0.238. The molecule has 0 atom stereocenters. The van der Waals surface area contributed by atoms with Gasteiger partial charge < -0.3 is 10.6 Å². The average molecular weight is 238 g/mol. The van der Waals surface area contributed by atoms with Gasteiger partial charge in [0.1, 0.15) is 0 Å². The van der Waals surface area contributed by atoms with Gasteiger partial charge in [-0.1, -0.05) is 32.1 Å². The van der Waals surface area contributed by atoms with E-state index in [9.17, 15) is 4.79 Å². The molecule has 0 aliphatic heterocycles. The largest absolute Gasteiger partial charge is 0.353 e. The first kappa shape index (κ1) is 12.9. The smallest absolute Gasteiger partial charge is 0.221 e. The van der Waals surface area contributed by atoms with Crippen molar-refractivity contribution >= 4 is 5.91 Å². The third-order valence-electron chi connectivity index (χ3n) is 4.11. The Morgan fingerprint density at radius 2 is 1.47 bits per heavy atom. The molecule has 2 aliphatic rings. The van der Waals surface area contributed by atoms with Crippen LogP contribution in [-0.2, 0) is 4.79 Å². The zero-order valence-electron chi connectivity index (χ0n) is 10.8. The summed E-state index contributed by atoms with van der Waals surface area (Å²) in [6.45, 7) is 0.850. The molecule has 3 nitrogen and oxygen atoms in total. The number of carbonyl (C=O) groups is 1. The third kappa shape index (κ3) is 4.66. The summed E-state index contributed by atoms with van der Waals surface area (Å²) in [7, 11) is 0. The van der Waals surface area contributed by atoms with Crippen LogP contribution in [0.25, 0.3) is 0 Å². The fourth-order valence-corrected chi connectivity index (χ4v) is 3.07. The van der Waals surface area contributed by atoms with E-state index >= 15 is 0 Å². The molecule has 1 amide bonds. The number of carbonyl (C=O) groups excluding carboxylic acids is 1. The Bertz CT molecular complexity index is 230. The average Bonchev–Trinajstić information content (AvgIpc) is 2.83. The summed E-state index contributed by atoms with van der Waals surface area (Å²) in [6, 6.07) is 1.14. The van der Waals surface area contributed by atoms with Crippen molar-refractivity contribution in [1.29, 1.82) is 0 Å². The van der Waals surface area contributed by atoms with E-state index in [1.165, 1.54) is 57.8 Å². The summed E-state index contributed by atoms with van der Waals surface area (Å²) in [5.74, 6) is 0.238. The summed E-state index contributed by atoms with van der Waals surface area (Å²) in [6.07, 6.45) is 12.2. The van der Waals surface area contributed by atoms with Crippen LogP contribution in [0.3, 0.4) is 0 Å². The van der Waals surface area contributed by atoms with Gasteiger partial charge in [-0.2, -0.15) is 0 Å². The molecule has 0 heterocycles. The van der Waals surface area contributed by atoms with Crippen LogP contribution < -0.4 is 10.6 Å². The molecule has 0 radical (unpaired) electrons. The highest BCUT2D eigenvalue weighted by Crippen LogP contribution is 2.18. The molecule has 2 rings (SSSR count). The molecule has 0 saturated heterocycles. The van der Waals surface area contributed by atoms with Gasteiger partial charge in [-0.15, -0.1) is 0 Å². The quantitative estimate of drug-likeness (QED) is 0.772. The van der Waals surface area contributed by atoms with Gasteiger partial charge >= 0.3 is 0 Å². The summed E-state index contributed by atoms with van der Waals surface area (Å²) < 4.78 is 0. The standard InChI is InChI=1S/C14H26N2O/c17-14(16-13-8-2-1-3-9-13)10-11-15-12-6-4-5-7-12/h12-13,15H,1-11H2,(H,16,17). The van der Waals surface area contributed by atoms with Crippen LogP contribution in [0.4, 0.5) is 0 Å². The predicted molar refractivity (Wildman–Crippen MR) is 69.9 cm³/mol. The highest BCUT2D eigenvalue weighted by molar-refractivity contribution is 5.76. The van der Waals surface area contributed by atoms with Gasteiger partial charge in [0.25, 0.3) is 0 Å². The molecule has 0 bridgehead atoms. The second-order valence-corrected chi connectivity index (χ2v) is 5.59.